The fourth-order valence-corrected chi connectivity index (χ4v) is 1.20. The standard InChI is InChI=1S/C13H16O/c1-11(10-14-3)8-9-13-7-5-4-6-12(13)2/h4-9H,2,10H2,1,3H3/b11-8+,13-9-. The lowest BCUT2D eigenvalue weighted by atomic mass is 10.2. The van der Waals surface area contributed by atoms with E-state index >= 15 is 0 Å². The van der Waals surface area contributed by atoms with Crippen LogP contribution in [-0.4, -0.2) is 13.7 Å². The molecule has 0 aliphatic heterocycles. The molecule has 1 rings (SSSR count). The van der Waals surface area contributed by atoms with E-state index in [4.69, 9.17) is 4.74 Å². The zero-order chi connectivity index (χ0) is 10.4. The van der Waals surface area contributed by atoms with Gasteiger partial charge in [-0.1, -0.05) is 43.0 Å². The van der Waals surface area contributed by atoms with E-state index in [1.807, 2.05) is 25.1 Å². The van der Waals surface area contributed by atoms with Crippen molar-refractivity contribution in [3.8, 4) is 0 Å². The van der Waals surface area contributed by atoms with E-state index in [1.54, 1.807) is 7.11 Å². The lowest BCUT2D eigenvalue weighted by Gasteiger charge is -1.95. The molecule has 74 valence electrons. The first-order valence-electron chi connectivity index (χ1n) is 4.64. The van der Waals surface area contributed by atoms with Crippen molar-refractivity contribution in [1.82, 2.24) is 0 Å². The van der Waals surface area contributed by atoms with Gasteiger partial charge in [0.1, 0.15) is 0 Å². The predicted octanol–water partition coefficient (Wildman–Crippen LogP) is 1.47. The van der Waals surface area contributed by atoms with Crippen LogP contribution in [0.15, 0.2) is 35.9 Å². The second-order valence-corrected chi connectivity index (χ2v) is 3.31. The quantitative estimate of drug-likeness (QED) is 0.698. The highest BCUT2D eigenvalue weighted by atomic mass is 16.5. The minimum Gasteiger partial charge on any atom is -0.380 e. The Morgan fingerprint density at radius 3 is 2.79 bits per heavy atom. The lowest BCUT2D eigenvalue weighted by Crippen LogP contribution is -2.21. The fraction of sp³-hybridized carbons (Fsp3) is 0.231. The molecule has 0 heterocycles. The third-order valence-corrected chi connectivity index (χ3v) is 1.97. The summed E-state index contributed by atoms with van der Waals surface area (Å²) in [7, 11) is 1.70. The molecule has 1 aromatic carbocycles. The SMILES string of the molecule is C=c1cccc/c1=C/C=C(\C)COC. The molecule has 0 aliphatic carbocycles. The summed E-state index contributed by atoms with van der Waals surface area (Å²) in [6, 6.07) is 8.07. The number of ether oxygens (including phenoxy) is 1. The Balaban J connectivity index is 2.95. The van der Waals surface area contributed by atoms with E-state index in [2.05, 4.69) is 24.8 Å². The van der Waals surface area contributed by atoms with E-state index in [0.29, 0.717) is 6.61 Å². The fourth-order valence-electron chi connectivity index (χ4n) is 1.20. The Morgan fingerprint density at radius 2 is 2.14 bits per heavy atom. The minimum absolute atomic E-state index is 0.676. The molecule has 0 saturated heterocycles. The highest BCUT2D eigenvalue weighted by Gasteiger charge is 1.84. The zero-order valence-electron chi connectivity index (χ0n) is 8.79. The molecule has 0 aromatic heterocycles. The summed E-state index contributed by atoms with van der Waals surface area (Å²) in [5.74, 6) is 0. The van der Waals surface area contributed by atoms with Crippen LogP contribution in [0.2, 0.25) is 0 Å². The van der Waals surface area contributed by atoms with E-state index < -0.39 is 0 Å². The highest BCUT2D eigenvalue weighted by molar-refractivity contribution is 5.39. The Kier molecular flexibility index (Phi) is 4.14. The van der Waals surface area contributed by atoms with E-state index in [0.717, 1.165) is 10.4 Å². The number of benzene rings is 1. The highest BCUT2D eigenvalue weighted by Crippen LogP contribution is 1.91. The van der Waals surface area contributed by atoms with Gasteiger partial charge in [-0.25, -0.2) is 0 Å². The minimum atomic E-state index is 0.676. The van der Waals surface area contributed by atoms with Gasteiger partial charge >= 0.3 is 0 Å². The topological polar surface area (TPSA) is 9.23 Å². The molecule has 0 unspecified atom stereocenters. The number of hydrogen-bond donors (Lipinski definition) is 0. The molecule has 1 heteroatoms. The molecule has 1 nitrogen and oxygen atoms in total. The third kappa shape index (κ3) is 3.19. The van der Waals surface area contributed by atoms with Crippen molar-refractivity contribution < 1.29 is 4.74 Å². The summed E-state index contributed by atoms with van der Waals surface area (Å²) in [6.07, 6.45) is 4.13. The van der Waals surface area contributed by atoms with Gasteiger partial charge in [0.05, 0.1) is 6.61 Å². The van der Waals surface area contributed by atoms with Gasteiger partial charge in [0.2, 0.25) is 0 Å². The molecule has 0 bridgehead atoms. The molecule has 0 atom stereocenters. The van der Waals surface area contributed by atoms with Gasteiger partial charge in [-0.3, -0.25) is 0 Å². The van der Waals surface area contributed by atoms with Crippen molar-refractivity contribution in [3.63, 3.8) is 0 Å². The molecular formula is C13H16O. The number of allylic oxidation sites excluding steroid dienone is 1. The first-order valence-corrected chi connectivity index (χ1v) is 4.64. The van der Waals surface area contributed by atoms with Crippen LogP contribution in [0.5, 0.6) is 0 Å². The second kappa shape index (κ2) is 5.40. The molecule has 0 saturated carbocycles. The molecule has 0 aliphatic rings. The number of rotatable bonds is 3. The van der Waals surface area contributed by atoms with Crippen LogP contribution < -0.4 is 10.4 Å². The normalized spacial score (nSPS) is 13.3. The second-order valence-electron chi connectivity index (χ2n) is 3.31. The van der Waals surface area contributed by atoms with Gasteiger partial charge in [0.15, 0.2) is 0 Å². The molecule has 0 radical (unpaired) electrons. The maximum Gasteiger partial charge on any atom is 0.0673 e. The largest absolute Gasteiger partial charge is 0.380 e. The Hall–Kier alpha value is -1.34. The number of methoxy groups -OCH3 is 1. The van der Waals surface area contributed by atoms with E-state index in [-0.39, 0.29) is 0 Å². The van der Waals surface area contributed by atoms with Crippen LogP contribution in [0.3, 0.4) is 0 Å². The van der Waals surface area contributed by atoms with Gasteiger partial charge in [0.25, 0.3) is 0 Å². The van der Waals surface area contributed by atoms with Gasteiger partial charge < -0.3 is 4.74 Å². The van der Waals surface area contributed by atoms with Gasteiger partial charge in [0, 0.05) is 7.11 Å². The maximum atomic E-state index is 5.02. The summed E-state index contributed by atoms with van der Waals surface area (Å²) < 4.78 is 5.02. The first-order chi connectivity index (χ1) is 6.74. The molecule has 0 fully saturated rings. The van der Waals surface area contributed by atoms with Crippen molar-refractivity contribution in [2.75, 3.05) is 13.7 Å². The molecule has 0 N–H and O–H groups in total. The van der Waals surface area contributed by atoms with Crippen LogP contribution in [0.4, 0.5) is 0 Å². The smallest absolute Gasteiger partial charge is 0.0673 e. The van der Waals surface area contributed by atoms with Crippen LogP contribution >= 0.6 is 0 Å². The van der Waals surface area contributed by atoms with E-state index in [9.17, 15) is 0 Å². The molecule has 0 amide bonds. The zero-order valence-corrected chi connectivity index (χ0v) is 8.79. The van der Waals surface area contributed by atoms with Gasteiger partial charge in [-0.15, -0.1) is 0 Å². The Bertz CT molecular complexity index is 415. The molecule has 14 heavy (non-hydrogen) atoms. The van der Waals surface area contributed by atoms with Crippen LogP contribution in [0.25, 0.3) is 12.7 Å². The first kappa shape index (κ1) is 10.7. The molecule has 0 spiro atoms. The summed E-state index contributed by atoms with van der Waals surface area (Å²) in [4.78, 5) is 0. The molecular weight excluding hydrogens is 172 g/mol. The van der Waals surface area contributed by atoms with E-state index in [1.165, 1.54) is 5.57 Å². The summed E-state index contributed by atoms with van der Waals surface area (Å²) >= 11 is 0. The summed E-state index contributed by atoms with van der Waals surface area (Å²) in [6.45, 7) is 6.68. The van der Waals surface area contributed by atoms with Gasteiger partial charge in [-0.2, -0.15) is 0 Å². The van der Waals surface area contributed by atoms with Crippen molar-refractivity contribution >= 4 is 12.7 Å². The van der Waals surface area contributed by atoms with Crippen LogP contribution in [0, 0.1) is 0 Å². The van der Waals surface area contributed by atoms with Crippen molar-refractivity contribution in [3.05, 3.63) is 46.4 Å². The van der Waals surface area contributed by atoms with Crippen molar-refractivity contribution in [2.24, 2.45) is 0 Å². The van der Waals surface area contributed by atoms with Crippen molar-refractivity contribution in [2.45, 2.75) is 6.92 Å². The maximum absolute atomic E-state index is 5.02. The van der Waals surface area contributed by atoms with Crippen molar-refractivity contribution in [1.29, 1.82) is 0 Å². The average molecular weight is 188 g/mol. The Labute approximate surface area is 85.0 Å². The lowest BCUT2D eigenvalue weighted by molar-refractivity contribution is 0.226. The van der Waals surface area contributed by atoms with Crippen LogP contribution in [-0.2, 0) is 4.74 Å². The molecule has 1 aromatic rings. The average Bonchev–Trinajstić information content (AvgIpc) is 2.17. The Morgan fingerprint density at radius 1 is 1.43 bits per heavy atom. The third-order valence-electron chi connectivity index (χ3n) is 1.97. The number of hydrogen-bond acceptors (Lipinski definition) is 1. The summed E-state index contributed by atoms with van der Waals surface area (Å²) in [5.41, 5.74) is 1.20. The predicted molar refractivity (Wildman–Crippen MR) is 61.3 cm³/mol. The summed E-state index contributed by atoms with van der Waals surface area (Å²) in [5, 5.41) is 2.21. The monoisotopic (exact) mass is 188 g/mol. The van der Waals surface area contributed by atoms with Crippen LogP contribution in [0.1, 0.15) is 6.92 Å². The van der Waals surface area contributed by atoms with Gasteiger partial charge in [-0.05, 0) is 22.9 Å².